The van der Waals surface area contributed by atoms with Gasteiger partial charge in [0.2, 0.25) is 10.0 Å². The van der Waals surface area contributed by atoms with E-state index < -0.39 is 16.0 Å². The number of sulfonamides is 1. The third-order valence-corrected chi connectivity index (χ3v) is 4.82. The Morgan fingerprint density at radius 2 is 2.00 bits per heavy atom. The van der Waals surface area contributed by atoms with Crippen LogP contribution in [0, 0.1) is 13.8 Å². The van der Waals surface area contributed by atoms with Gasteiger partial charge in [-0.3, -0.25) is 0 Å². The maximum atomic E-state index is 12.1. The second-order valence-electron chi connectivity index (χ2n) is 3.97. The number of hydrogen-bond donors (Lipinski definition) is 2. The van der Waals surface area contributed by atoms with Gasteiger partial charge in [-0.25, -0.2) is 17.9 Å². The molecule has 0 aliphatic carbocycles. The van der Waals surface area contributed by atoms with Gasteiger partial charge in [0.05, 0.1) is 0 Å². The number of carbonyl (C=O) groups is 1. The van der Waals surface area contributed by atoms with Crippen molar-refractivity contribution in [1.29, 1.82) is 0 Å². The van der Waals surface area contributed by atoms with E-state index in [4.69, 9.17) is 9.52 Å². The minimum Gasteiger partial charge on any atom is -0.478 e. The molecule has 0 atom stereocenters. The van der Waals surface area contributed by atoms with Gasteiger partial charge in [0.1, 0.15) is 22.0 Å². The lowest BCUT2D eigenvalue weighted by Gasteiger charge is -2.06. The Balaban J connectivity index is 3.04. The molecule has 2 N–H and O–H groups in total. The molecular weight excluding hydrogens is 290 g/mol. The zero-order chi connectivity index (χ0) is 14.6. The van der Waals surface area contributed by atoms with Crippen molar-refractivity contribution in [2.75, 3.05) is 18.6 Å². The van der Waals surface area contributed by atoms with Crippen molar-refractivity contribution in [1.82, 2.24) is 4.72 Å². The van der Waals surface area contributed by atoms with Crippen LogP contribution in [-0.4, -0.2) is 38.0 Å². The summed E-state index contributed by atoms with van der Waals surface area (Å²) in [6, 6.07) is 0. The van der Waals surface area contributed by atoms with E-state index in [-0.39, 0.29) is 28.5 Å². The van der Waals surface area contributed by atoms with Crippen LogP contribution in [0.4, 0.5) is 0 Å². The number of carboxylic acid groups (broad SMARTS) is 1. The summed E-state index contributed by atoms with van der Waals surface area (Å²) in [5.74, 6) is -0.293. The highest BCUT2D eigenvalue weighted by atomic mass is 32.2. The lowest BCUT2D eigenvalue weighted by molar-refractivity contribution is 0.0691. The first-order valence-electron chi connectivity index (χ1n) is 5.63. The predicted octanol–water partition coefficient (Wildman–Crippen LogP) is 1.63. The topological polar surface area (TPSA) is 96.6 Å². The molecule has 1 aromatic rings. The van der Waals surface area contributed by atoms with E-state index in [2.05, 4.69) is 4.72 Å². The molecule has 0 amide bonds. The number of carboxylic acids is 1. The number of hydrogen-bond acceptors (Lipinski definition) is 5. The predicted molar refractivity (Wildman–Crippen MR) is 73.3 cm³/mol. The first kappa shape index (κ1) is 16.1. The first-order chi connectivity index (χ1) is 8.81. The van der Waals surface area contributed by atoms with Crippen molar-refractivity contribution in [2.24, 2.45) is 0 Å². The second-order valence-corrected chi connectivity index (χ2v) is 6.66. The molecule has 1 aromatic heterocycles. The highest BCUT2D eigenvalue weighted by Crippen LogP contribution is 2.26. The molecule has 1 heterocycles. The Morgan fingerprint density at radius 3 is 2.53 bits per heavy atom. The summed E-state index contributed by atoms with van der Waals surface area (Å²) < 4.78 is 31.7. The van der Waals surface area contributed by atoms with Crippen molar-refractivity contribution < 1.29 is 22.7 Å². The van der Waals surface area contributed by atoms with E-state index in [1.165, 1.54) is 13.8 Å². The highest BCUT2D eigenvalue weighted by Gasteiger charge is 2.30. The maximum absolute atomic E-state index is 12.1. The minimum atomic E-state index is -3.86. The van der Waals surface area contributed by atoms with Gasteiger partial charge in [0.15, 0.2) is 0 Å². The number of furan rings is 1. The summed E-state index contributed by atoms with van der Waals surface area (Å²) in [6.45, 7) is 3.14. The molecule has 8 heteroatoms. The molecule has 0 unspecified atom stereocenters. The first-order valence-corrected chi connectivity index (χ1v) is 8.51. The molecule has 6 nitrogen and oxygen atoms in total. The summed E-state index contributed by atoms with van der Waals surface area (Å²) in [4.78, 5) is 10.8. The molecule has 108 valence electrons. The van der Waals surface area contributed by atoms with Crippen LogP contribution >= 0.6 is 11.8 Å². The largest absolute Gasteiger partial charge is 0.478 e. The summed E-state index contributed by atoms with van der Waals surface area (Å²) in [5, 5.41) is 9.08. The van der Waals surface area contributed by atoms with E-state index in [0.29, 0.717) is 6.42 Å². The van der Waals surface area contributed by atoms with Gasteiger partial charge in [0, 0.05) is 6.54 Å². The minimum absolute atomic E-state index is 0.0901. The molecule has 0 bridgehead atoms. The van der Waals surface area contributed by atoms with Crippen molar-refractivity contribution in [3.05, 3.63) is 17.1 Å². The van der Waals surface area contributed by atoms with Crippen LogP contribution in [0.1, 0.15) is 28.3 Å². The fourth-order valence-corrected chi connectivity index (χ4v) is 3.64. The van der Waals surface area contributed by atoms with Crippen molar-refractivity contribution >= 4 is 27.8 Å². The van der Waals surface area contributed by atoms with Crippen LogP contribution in [0.15, 0.2) is 9.31 Å². The fourth-order valence-electron chi connectivity index (χ4n) is 1.73. The van der Waals surface area contributed by atoms with Crippen molar-refractivity contribution in [3.8, 4) is 0 Å². The number of thioether (sulfide) groups is 1. The Labute approximate surface area is 116 Å². The molecule has 0 radical (unpaired) electrons. The SMILES string of the molecule is CSCCCNS(=O)(=O)c1c(C)oc(C)c1C(=O)O. The molecule has 0 fully saturated rings. The summed E-state index contributed by atoms with van der Waals surface area (Å²) in [6.07, 6.45) is 2.61. The Hall–Kier alpha value is -0.990. The zero-order valence-corrected chi connectivity index (χ0v) is 12.7. The van der Waals surface area contributed by atoms with Crippen LogP contribution < -0.4 is 4.72 Å². The Kier molecular flexibility index (Phi) is 5.45. The summed E-state index contributed by atoms with van der Waals surface area (Å²) in [5.41, 5.74) is -0.296. The third kappa shape index (κ3) is 3.74. The van der Waals surface area contributed by atoms with Gasteiger partial charge < -0.3 is 9.52 Å². The lowest BCUT2D eigenvalue weighted by atomic mass is 10.2. The van der Waals surface area contributed by atoms with Crippen LogP contribution in [0.25, 0.3) is 0 Å². The fraction of sp³-hybridized carbons (Fsp3) is 0.545. The van der Waals surface area contributed by atoms with Gasteiger partial charge in [0.25, 0.3) is 0 Å². The average Bonchev–Trinajstić information content (AvgIpc) is 2.60. The monoisotopic (exact) mass is 307 g/mol. The van der Waals surface area contributed by atoms with Gasteiger partial charge in [-0.15, -0.1) is 0 Å². The molecule has 0 saturated carbocycles. The quantitative estimate of drug-likeness (QED) is 0.743. The standard InChI is InChI=1S/C11H17NO5S2/c1-7-9(11(13)14)10(8(2)17-7)19(15,16)12-5-4-6-18-3/h12H,4-6H2,1-3H3,(H,13,14). The van der Waals surface area contributed by atoms with Crippen molar-refractivity contribution in [2.45, 2.75) is 25.2 Å². The van der Waals surface area contributed by atoms with Gasteiger partial charge >= 0.3 is 5.97 Å². The third-order valence-electron chi connectivity index (χ3n) is 2.50. The number of nitrogens with one attached hydrogen (secondary N) is 1. The summed E-state index contributed by atoms with van der Waals surface area (Å²) in [7, 11) is -3.86. The van der Waals surface area contributed by atoms with Crippen LogP contribution in [0.5, 0.6) is 0 Å². The molecule has 1 rings (SSSR count). The highest BCUT2D eigenvalue weighted by molar-refractivity contribution is 7.98. The van der Waals surface area contributed by atoms with Gasteiger partial charge in [-0.05, 0) is 32.3 Å². The lowest BCUT2D eigenvalue weighted by Crippen LogP contribution is -2.27. The van der Waals surface area contributed by atoms with Crippen LogP contribution in [0.2, 0.25) is 0 Å². The molecular formula is C11H17NO5S2. The van der Waals surface area contributed by atoms with Gasteiger partial charge in [-0.2, -0.15) is 11.8 Å². The van der Waals surface area contributed by atoms with Crippen LogP contribution in [0.3, 0.4) is 0 Å². The summed E-state index contributed by atoms with van der Waals surface area (Å²) >= 11 is 1.62. The number of aromatic carboxylic acids is 1. The van der Waals surface area contributed by atoms with Gasteiger partial charge in [-0.1, -0.05) is 0 Å². The smallest absolute Gasteiger partial charge is 0.340 e. The maximum Gasteiger partial charge on any atom is 0.340 e. The molecule has 0 saturated heterocycles. The molecule has 19 heavy (non-hydrogen) atoms. The Morgan fingerprint density at radius 1 is 1.37 bits per heavy atom. The van der Waals surface area contributed by atoms with Crippen molar-refractivity contribution in [3.63, 3.8) is 0 Å². The molecule has 0 aliphatic heterocycles. The normalized spacial score (nSPS) is 11.7. The second kappa shape index (κ2) is 6.44. The molecule has 0 spiro atoms. The Bertz CT molecular complexity index is 562. The average molecular weight is 307 g/mol. The zero-order valence-electron chi connectivity index (χ0n) is 11.0. The van der Waals surface area contributed by atoms with E-state index in [9.17, 15) is 13.2 Å². The molecule has 0 aliphatic rings. The number of aryl methyl sites for hydroxylation is 2. The van der Waals surface area contributed by atoms with Crippen LogP contribution in [-0.2, 0) is 10.0 Å². The molecule has 0 aromatic carbocycles. The van der Waals surface area contributed by atoms with E-state index in [1.54, 1.807) is 11.8 Å². The van der Waals surface area contributed by atoms with E-state index in [1.807, 2.05) is 6.26 Å². The van der Waals surface area contributed by atoms with E-state index in [0.717, 1.165) is 5.75 Å². The number of rotatable bonds is 7. The van der Waals surface area contributed by atoms with E-state index >= 15 is 0 Å².